The molecule has 0 bridgehead atoms. The van der Waals surface area contributed by atoms with Crippen molar-refractivity contribution in [3.63, 3.8) is 0 Å². The molecule has 102 valence electrons. The molecule has 0 saturated heterocycles. The first-order valence-corrected chi connectivity index (χ1v) is 7.32. The largest absolute Gasteiger partial charge is 0.460 e. The summed E-state index contributed by atoms with van der Waals surface area (Å²) in [5.74, 6) is 0.314. The van der Waals surface area contributed by atoms with E-state index in [1.54, 1.807) is 18.3 Å². The van der Waals surface area contributed by atoms with Gasteiger partial charge in [0.1, 0.15) is 0 Å². The second-order valence-corrected chi connectivity index (χ2v) is 4.91. The average molecular weight is 279 g/mol. The van der Waals surface area contributed by atoms with Crippen LogP contribution in [0.2, 0.25) is 0 Å². The number of aryl methyl sites for hydroxylation is 2. The van der Waals surface area contributed by atoms with Crippen molar-refractivity contribution in [3.05, 3.63) is 28.5 Å². The number of esters is 1. The summed E-state index contributed by atoms with van der Waals surface area (Å²) >= 11 is 1.58. The molecule has 2 aromatic heterocycles. The molecule has 0 spiro atoms. The zero-order chi connectivity index (χ0) is 13.8. The maximum atomic E-state index is 11.8. The third-order valence-electron chi connectivity index (χ3n) is 2.81. The number of hydrogen-bond donors (Lipinski definition) is 0. The van der Waals surface area contributed by atoms with Crippen LogP contribution in [-0.4, -0.2) is 17.6 Å². The molecule has 2 aromatic rings. The Kier molecular flexibility index (Phi) is 4.37. The SMILES string of the molecule is CCOC(=O)c1oc(-c2sccc2CC)nc1CC. The van der Waals surface area contributed by atoms with Gasteiger partial charge in [-0.15, -0.1) is 11.3 Å². The van der Waals surface area contributed by atoms with Crippen LogP contribution in [0.3, 0.4) is 0 Å². The lowest BCUT2D eigenvalue weighted by Crippen LogP contribution is -2.05. The van der Waals surface area contributed by atoms with Crippen LogP contribution in [-0.2, 0) is 17.6 Å². The van der Waals surface area contributed by atoms with Gasteiger partial charge in [0, 0.05) is 0 Å². The maximum absolute atomic E-state index is 11.8. The highest BCUT2D eigenvalue weighted by Crippen LogP contribution is 2.31. The quantitative estimate of drug-likeness (QED) is 0.783. The van der Waals surface area contributed by atoms with Gasteiger partial charge in [0.15, 0.2) is 0 Å². The first-order valence-electron chi connectivity index (χ1n) is 6.44. The van der Waals surface area contributed by atoms with Crippen molar-refractivity contribution >= 4 is 17.3 Å². The zero-order valence-electron chi connectivity index (χ0n) is 11.4. The first-order chi connectivity index (χ1) is 9.21. The van der Waals surface area contributed by atoms with Crippen molar-refractivity contribution in [1.29, 1.82) is 0 Å². The molecule has 2 rings (SSSR count). The van der Waals surface area contributed by atoms with Crippen LogP contribution >= 0.6 is 11.3 Å². The zero-order valence-corrected chi connectivity index (χ0v) is 12.2. The molecule has 0 fully saturated rings. The summed E-state index contributed by atoms with van der Waals surface area (Å²) in [4.78, 5) is 17.2. The molecule has 4 nitrogen and oxygen atoms in total. The van der Waals surface area contributed by atoms with E-state index in [0.717, 1.165) is 11.3 Å². The van der Waals surface area contributed by atoms with Gasteiger partial charge >= 0.3 is 5.97 Å². The molecule has 0 amide bonds. The summed E-state index contributed by atoms with van der Waals surface area (Å²) in [6.07, 6.45) is 1.56. The van der Waals surface area contributed by atoms with E-state index in [9.17, 15) is 4.79 Å². The second kappa shape index (κ2) is 6.02. The van der Waals surface area contributed by atoms with Gasteiger partial charge < -0.3 is 9.15 Å². The van der Waals surface area contributed by atoms with E-state index in [4.69, 9.17) is 9.15 Å². The molecule has 0 N–H and O–H groups in total. The average Bonchev–Trinajstić information content (AvgIpc) is 3.04. The van der Waals surface area contributed by atoms with Gasteiger partial charge in [-0.1, -0.05) is 13.8 Å². The van der Waals surface area contributed by atoms with Crippen molar-refractivity contribution < 1.29 is 13.9 Å². The molecule has 0 unspecified atom stereocenters. The fourth-order valence-corrected chi connectivity index (χ4v) is 2.77. The maximum Gasteiger partial charge on any atom is 0.376 e. The van der Waals surface area contributed by atoms with E-state index in [1.165, 1.54) is 5.56 Å². The normalized spacial score (nSPS) is 10.7. The number of aromatic nitrogens is 1. The lowest BCUT2D eigenvalue weighted by molar-refractivity contribution is 0.0489. The van der Waals surface area contributed by atoms with E-state index < -0.39 is 5.97 Å². The van der Waals surface area contributed by atoms with Crippen molar-refractivity contribution in [2.24, 2.45) is 0 Å². The fourth-order valence-electron chi connectivity index (χ4n) is 1.85. The molecule has 0 aromatic carbocycles. The van der Waals surface area contributed by atoms with E-state index >= 15 is 0 Å². The molecule has 2 heterocycles. The number of hydrogen-bond acceptors (Lipinski definition) is 5. The third-order valence-corrected chi connectivity index (χ3v) is 3.76. The fraction of sp³-hybridized carbons (Fsp3) is 0.429. The molecule has 19 heavy (non-hydrogen) atoms. The lowest BCUT2D eigenvalue weighted by atomic mass is 10.2. The highest BCUT2D eigenvalue weighted by Gasteiger charge is 2.22. The van der Waals surface area contributed by atoms with Crippen LogP contribution in [0.1, 0.15) is 42.6 Å². The Balaban J connectivity index is 2.41. The van der Waals surface area contributed by atoms with Crippen molar-refractivity contribution in [2.45, 2.75) is 33.6 Å². The molecule has 0 aliphatic heterocycles. The van der Waals surface area contributed by atoms with Crippen LogP contribution in [0.25, 0.3) is 10.8 Å². The van der Waals surface area contributed by atoms with Gasteiger partial charge in [0.2, 0.25) is 11.7 Å². The lowest BCUT2D eigenvalue weighted by Gasteiger charge is -1.98. The molecular weight excluding hydrogens is 262 g/mol. The number of ether oxygens (including phenoxy) is 1. The Bertz CT molecular complexity index is 571. The number of oxazole rings is 1. The molecule has 5 heteroatoms. The molecular formula is C14H17NO3S. The van der Waals surface area contributed by atoms with E-state index in [2.05, 4.69) is 18.0 Å². The molecule has 0 atom stereocenters. The van der Waals surface area contributed by atoms with Crippen molar-refractivity contribution in [2.75, 3.05) is 6.61 Å². The number of carbonyl (C=O) groups excluding carboxylic acids is 1. The number of thiophene rings is 1. The molecule has 0 aliphatic rings. The van der Waals surface area contributed by atoms with Gasteiger partial charge in [-0.3, -0.25) is 0 Å². The minimum atomic E-state index is -0.437. The Morgan fingerprint density at radius 2 is 2.16 bits per heavy atom. The smallest absolute Gasteiger partial charge is 0.376 e. The summed E-state index contributed by atoms with van der Waals surface area (Å²) in [6.45, 7) is 6.13. The van der Waals surface area contributed by atoms with Gasteiger partial charge in [0.05, 0.1) is 17.2 Å². The number of nitrogens with zero attached hydrogens (tertiary/aromatic N) is 1. The van der Waals surface area contributed by atoms with Crippen LogP contribution < -0.4 is 0 Å². The van der Waals surface area contributed by atoms with Gasteiger partial charge in [-0.05, 0) is 36.8 Å². The van der Waals surface area contributed by atoms with Crippen LogP contribution in [0.4, 0.5) is 0 Å². The molecule has 0 radical (unpaired) electrons. The van der Waals surface area contributed by atoms with Crippen molar-refractivity contribution in [1.82, 2.24) is 4.98 Å². The Morgan fingerprint density at radius 3 is 2.79 bits per heavy atom. The topological polar surface area (TPSA) is 52.3 Å². The number of rotatable bonds is 5. The third kappa shape index (κ3) is 2.71. The summed E-state index contributed by atoms with van der Waals surface area (Å²) < 4.78 is 10.6. The van der Waals surface area contributed by atoms with Crippen LogP contribution in [0.15, 0.2) is 15.9 Å². The first kappa shape index (κ1) is 13.8. The summed E-state index contributed by atoms with van der Waals surface area (Å²) in [5, 5.41) is 2.01. The van der Waals surface area contributed by atoms with Gasteiger partial charge in [-0.2, -0.15) is 0 Å². The van der Waals surface area contributed by atoms with E-state index in [0.29, 0.717) is 24.6 Å². The molecule has 0 saturated carbocycles. The van der Waals surface area contributed by atoms with Crippen LogP contribution in [0.5, 0.6) is 0 Å². The van der Waals surface area contributed by atoms with E-state index in [1.807, 2.05) is 12.3 Å². The van der Waals surface area contributed by atoms with Gasteiger partial charge in [-0.25, -0.2) is 9.78 Å². The Labute approximate surface area is 116 Å². The standard InChI is InChI=1S/C14H17NO3S/c1-4-9-7-8-19-12(9)13-15-10(5-2)11(18-13)14(16)17-6-3/h7-8H,4-6H2,1-3H3. The summed E-state index contributed by atoms with van der Waals surface area (Å²) in [6, 6.07) is 2.06. The number of carbonyl (C=O) groups is 1. The summed E-state index contributed by atoms with van der Waals surface area (Å²) in [5.41, 5.74) is 1.84. The predicted molar refractivity (Wildman–Crippen MR) is 74.5 cm³/mol. The Morgan fingerprint density at radius 1 is 1.37 bits per heavy atom. The summed E-state index contributed by atoms with van der Waals surface area (Å²) in [7, 11) is 0. The Hall–Kier alpha value is -1.62. The highest BCUT2D eigenvalue weighted by molar-refractivity contribution is 7.13. The molecule has 0 aliphatic carbocycles. The minimum absolute atomic E-state index is 0.231. The minimum Gasteiger partial charge on any atom is -0.460 e. The van der Waals surface area contributed by atoms with Gasteiger partial charge in [0.25, 0.3) is 0 Å². The van der Waals surface area contributed by atoms with Crippen molar-refractivity contribution in [3.8, 4) is 10.8 Å². The van der Waals surface area contributed by atoms with E-state index in [-0.39, 0.29) is 5.76 Å². The second-order valence-electron chi connectivity index (χ2n) is 4.00. The predicted octanol–water partition coefficient (Wildman–Crippen LogP) is 3.70. The van der Waals surface area contributed by atoms with Crippen LogP contribution in [0, 0.1) is 0 Å². The monoisotopic (exact) mass is 279 g/mol. The highest BCUT2D eigenvalue weighted by atomic mass is 32.1.